The van der Waals surface area contributed by atoms with Crippen LogP contribution in [0.2, 0.25) is 0 Å². The molecular formula is C16H28O2. The van der Waals surface area contributed by atoms with Crippen molar-refractivity contribution in [2.24, 2.45) is 17.8 Å². The highest BCUT2D eigenvalue weighted by molar-refractivity contribution is 5.72. The van der Waals surface area contributed by atoms with E-state index in [-0.39, 0.29) is 17.5 Å². The fourth-order valence-electron chi connectivity index (χ4n) is 3.68. The van der Waals surface area contributed by atoms with E-state index in [9.17, 15) is 4.79 Å². The Morgan fingerprint density at radius 1 is 1.28 bits per heavy atom. The van der Waals surface area contributed by atoms with E-state index >= 15 is 0 Å². The average molecular weight is 252 g/mol. The van der Waals surface area contributed by atoms with E-state index in [4.69, 9.17) is 4.74 Å². The number of hydrogen-bond acceptors (Lipinski definition) is 2. The van der Waals surface area contributed by atoms with E-state index in [1.165, 1.54) is 32.1 Å². The molecule has 0 saturated heterocycles. The molecule has 2 rings (SSSR count). The number of carbonyl (C=O) groups excluding carboxylic acids is 1. The van der Waals surface area contributed by atoms with Gasteiger partial charge in [-0.1, -0.05) is 39.5 Å². The van der Waals surface area contributed by atoms with Crippen LogP contribution in [0.3, 0.4) is 0 Å². The fourth-order valence-corrected chi connectivity index (χ4v) is 3.68. The molecule has 0 aliphatic heterocycles. The third kappa shape index (κ3) is 3.07. The summed E-state index contributed by atoms with van der Waals surface area (Å²) in [6.07, 6.45) is 9.83. The molecule has 2 heteroatoms. The average Bonchev–Trinajstić information content (AvgIpc) is 2.37. The Morgan fingerprint density at radius 3 is 2.61 bits per heavy atom. The Bertz CT molecular complexity index is 299. The minimum absolute atomic E-state index is 0.00857. The monoisotopic (exact) mass is 252 g/mol. The summed E-state index contributed by atoms with van der Waals surface area (Å²) in [7, 11) is 0. The van der Waals surface area contributed by atoms with Gasteiger partial charge in [0.1, 0.15) is 5.60 Å². The van der Waals surface area contributed by atoms with Crippen LogP contribution in [0.15, 0.2) is 0 Å². The summed E-state index contributed by atoms with van der Waals surface area (Å²) in [6, 6.07) is 0. The Balaban J connectivity index is 1.93. The molecule has 2 nitrogen and oxygen atoms in total. The first-order valence-corrected chi connectivity index (χ1v) is 7.77. The first-order valence-electron chi connectivity index (χ1n) is 7.77. The molecule has 0 aromatic heterocycles. The van der Waals surface area contributed by atoms with Gasteiger partial charge in [0, 0.05) is 0 Å². The van der Waals surface area contributed by atoms with E-state index < -0.39 is 0 Å². The molecule has 2 aliphatic carbocycles. The lowest BCUT2D eigenvalue weighted by atomic mass is 9.66. The molecule has 18 heavy (non-hydrogen) atoms. The summed E-state index contributed by atoms with van der Waals surface area (Å²) >= 11 is 0. The van der Waals surface area contributed by atoms with Crippen LogP contribution < -0.4 is 0 Å². The molecule has 0 amide bonds. The van der Waals surface area contributed by atoms with E-state index in [1.54, 1.807) is 0 Å². The maximum absolute atomic E-state index is 12.0. The molecule has 4 unspecified atom stereocenters. The molecule has 2 saturated carbocycles. The second-order valence-corrected chi connectivity index (χ2v) is 6.73. The topological polar surface area (TPSA) is 26.3 Å². The third-order valence-electron chi connectivity index (χ3n) is 5.17. The number of hydrogen-bond donors (Lipinski definition) is 0. The molecule has 2 fully saturated rings. The molecule has 0 spiro atoms. The van der Waals surface area contributed by atoms with Crippen molar-refractivity contribution in [3.8, 4) is 0 Å². The Hall–Kier alpha value is -0.530. The van der Waals surface area contributed by atoms with Crippen molar-refractivity contribution in [1.29, 1.82) is 0 Å². The van der Waals surface area contributed by atoms with Crippen molar-refractivity contribution in [3.05, 3.63) is 0 Å². The number of fused-ring (bicyclic) bond motifs is 1. The molecule has 0 aromatic rings. The number of ether oxygens (including phenoxy) is 1. The van der Waals surface area contributed by atoms with Crippen LogP contribution in [0, 0.1) is 17.8 Å². The predicted molar refractivity (Wildman–Crippen MR) is 73.3 cm³/mol. The zero-order valence-corrected chi connectivity index (χ0v) is 12.2. The summed E-state index contributed by atoms with van der Waals surface area (Å²) in [5.74, 6) is 1.77. The van der Waals surface area contributed by atoms with Crippen molar-refractivity contribution in [1.82, 2.24) is 0 Å². The van der Waals surface area contributed by atoms with E-state index in [2.05, 4.69) is 6.92 Å². The molecule has 0 N–H and O–H groups in total. The zero-order chi connectivity index (χ0) is 13.2. The van der Waals surface area contributed by atoms with E-state index in [1.807, 2.05) is 13.8 Å². The van der Waals surface area contributed by atoms with Gasteiger partial charge < -0.3 is 4.74 Å². The van der Waals surface area contributed by atoms with Crippen molar-refractivity contribution >= 4 is 5.97 Å². The quantitative estimate of drug-likeness (QED) is 0.699. The number of carbonyl (C=O) groups is 1. The highest BCUT2D eigenvalue weighted by atomic mass is 16.6. The van der Waals surface area contributed by atoms with Crippen LogP contribution in [0.1, 0.15) is 72.1 Å². The van der Waals surface area contributed by atoms with Crippen molar-refractivity contribution in [3.63, 3.8) is 0 Å². The highest BCUT2D eigenvalue weighted by Crippen LogP contribution is 2.45. The molecule has 0 bridgehead atoms. The molecule has 4 atom stereocenters. The van der Waals surface area contributed by atoms with Crippen molar-refractivity contribution in [2.45, 2.75) is 77.7 Å². The van der Waals surface area contributed by atoms with Gasteiger partial charge in [0.25, 0.3) is 0 Å². The Morgan fingerprint density at radius 2 is 1.94 bits per heavy atom. The summed E-state index contributed by atoms with van der Waals surface area (Å²) in [4.78, 5) is 12.0. The Labute approximate surface area is 111 Å². The molecule has 0 aromatic carbocycles. The van der Waals surface area contributed by atoms with Gasteiger partial charge in [0.05, 0.1) is 5.92 Å². The SMILES string of the molecule is CCC(C)C(=O)OC1(C)CCC2CCCCC2C1. The lowest BCUT2D eigenvalue weighted by Gasteiger charge is -2.44. The van der Waals surface area contributed by atoms with E-state index in [0.717, 1.165) is 31.1 Å². The van der Waals surface area contributed by atoms with Crippen LogP contribution >= 0.6 is 0 Å². The number of rotatable bonds is 3. The first-order chi connectivity index (χ1) is 8.54. The molecule has 2 aliphatic rings. The molecule has 0 heterocycles. The van der Waals surface area contributed by atoms with Crippen LogP contribution in [-0.2, 0) is 9.53 Å². The molecule has 0 radical (unpaired) electrons. The van der Waals surface area contributed by atoms with Crippen molar-refractivity contribution < 1.29 is 9.53 Å². The predicted octanol–water partition coefficient (Wildman–Crippen LogP) is 4.32. The Kier molecular flexibility index (Phi) is 4.34. The summed E-state index contributed by atoms with van der Waals surface area (Å²) < 4.78 is 5.84. The second kappa shape index (κ2) is 5.63. The van der Waals surface area contributed by atoms with Gasteiger partial charge in [0.15, 0.2) is 0 Å². The third-order valence-corrected chi connectivity index (χ3v) is 5.17. The summed E-state index contributed by atoms with van der Waals surface area (Å²) in [5, 5.41) is 0. The van der Waals surface area contributed by atoms with Crippen LogP contribution in [0.4, 0.5) is 0 Å². The smallest absolute Gasteiger partial charge is 0.309 e. The lowest BCUT2D eigenvalue weighted by molar-refractivity contribution is -0.169. The zero-order valence-electron chi connectivity index (χ0n) is 12.2. The second-order valence-electron chi connectivity index (χ2n) is 6.73. The minimum Gasteiger partial charge on any atom is -0.459 e. The van der Waals surface area contributed by atoms with Gasteiger partial charge in [-0.25, -0.2) is 0 Å². The van der Waals surface area contributed by atoms with Gasteiger partial charge in [-0.15, -0.1) is 0 Å². The molecular weight excluding hydrogens is 224 g/mol. The van der Waals surface area contributed by atoms with Crippen LogP contribution in [-0.4, -0.2) is 11.6 Å². The van der Waals surface area contributed by atoms with Gasteiger partial charge in [-0.3, -0.25) is 4.79 Å². The largest absolute Gasteiger partial charge is 0.459 e. The number of esters is 1. The van der Waals surface area contributed by atoms with Crippen LogP contribution in [0.5, 0.6) is 0 Å². The molecule has 104 valence electrons. The fraction of sp³-hybridized carbons (Fsp3) is 0.938. The van der Waals surface area contributed by atoms with Crippen molar-refractivity contribution in [2.75, 3.05) is 0 Å². The summed E-state index contributed by atoms with van der Waals surface area (Å²) in [6.45, 7) is 6.17. The van der Waals surface area contributed by atoms with Gasteiger partial charge in [-0.05, 0) is 44.4 Å². The highest BCUT2D eigenvalue weighted by Gasteiger charge is 2.41. The van der Waals surface area contributed by atoms with Gasteiger partial charge in [-0.2, -0.15) is 0 Å². The van der Waals surface area contributed by atoms with Gasteiger partial charge in [0.2, 0.25) is 0 Å². The van der Waals surface area contributed by atoms with Gasteiger partial charge >= 0.3 is 5.97 Å². The lowest BCUT2D eigenvalue weighted by Crippen LogP contribution is -2.42. The maximum atomic E-state index is 12.0. The normalized spacial score (nSPS) is 37.7. The maximum Gasteiger partial charge on any atom is 0.309 e. The minimum atomic E-state index is -0.182. The van der Waals surface area contributed by atoms with Crippen LogP contribution in [0.25, 0.3) is 0 Å². The standard InChI is InChI=1S/C16H28O2/c1-4-12(2)15(17)18-16(3)10-9-13-7-5-6-8-14(13)11-16/h12-14H,4-11H2,1-3H3. The first kappa shape index (κ1) is 13.9. The summed E-state index contributed by atoms with van der Waals surface area (Å²) in [5.41, 5.74) is -0.182. The van der Waals surface area contributed by atoms with E-state index in [0.29, 0.717) is 0 Å².